The number of ether oxygens (including phenoxy) is 2. The fraction of sp³-hybridized carbons (Fsp3) is 0.484. The maximum absolute atomic E-state index is 13.6. The summed E-state index contributed by atoms with van der Waals surface area (Å²) in [5, 5.41) is 17.5. The van der Waals surface area contributed by atoms with Crippen molar-refractivity contribution in [3.05, 3.63) is 48.2 Å². The molecule has 1 aliphatic heterocycles. The maximum atomic E-state index is 13.6. The van der Waals surface area contributed by atoms with Crippen LogP contribution >= 0.6 is 0 Å². The van der Waals surface area contributed by atoms with Gasteiger partial charge in [0, 0.05) is 49.4 Å². The van der Waals surface area contributed by atoms with E-state index in [1.807, 2.05) is 13.0 Å². The van der Waals surface area contributed by atoms with Gasteiger partial charge in [-0.2, -0.15) is 13.2 Å². The number of β-amino-alcohol motifs (C(OH)–C–C–N with tert-alkyl or cyclic N) is 1. The van der Waals surface area contributed by atoms with Crippen molar-refractivity contribution >= 4 is 33.5 Å². The van der Waals surface area contributed by atoms with E-state index < -0.39 is 30.0 Å². The zero-order chi connectivity index (χ0) is 31.0. The van der Waals surface area contributed by atoms with Crippen LogP contribution in [0.5, 0.6) is 5.75 Å². The van der Waals surface area contributed by atoms with E-state index in [4.69, 9.17) is 9.47 Å². The van der Waals surface area contributed by atoms with Gasteiger partial charge in [-0.1, -0.05) is 12.0 Å². The minimum Gasteiger partial charge on any atom is -0.612 e. The topological polar surface area (TPSA) is 94.0 Å². The average Bonchev–Trinajstić information content (AvgIpc) is 3.31. The fourth-order valence-corrected chi connectivity index (χ4v) is 5.75. The molecule has 3 aromatic rings. The Balaban J connectivity index is 1.48. The summed E-state index contributed by atoms with van der Waals surface area (Å²) in [5.41, 5.74) is 2.14. The zero-order valence-electron chi connectivity index (χ0n) is 24.7. The number of likely N-dealkylation sites (tertiary alicyclic amines) is 1. The molecule has 1 fully saturated rings. The summed E-state index contributed by atoms with van der Waals surface area (Å²) < 4.78 is 64.5. The van der Waals surface area contributed by atoms with Crippen LogP contribution in [0.1, 0.15) is 25.5 Å². The molecule has 234 valence electrons. The highest BCUT2D eigenvalue weighted by Gasteiger charge is 2.30. The molecule has 0 radical (unpaired) electrons. The first kappa shape index (κ1) is 32.8. The van der Waals surface area contributed by atoms with E-state index in [2.05, 4.69) is 27.4 Å². The lowest BCUT2D eigenvalue weighted by molar-refractivity contribution is -0.140. The number of methoxy groups -OCH3 is 1. The van der Waals surface area contributed by atoms with Crippen molar-refractivity contribution in [3.63, 3.8) is 0 Å². The number of hydrogen-bond acceptors (Lipinski definition) is 7. The lowest BCUT2D eigenvalue weighted by Gasteiger charge is -2.34. The van der Waals surface area contributed by atoms with Crippen molar-refractivity contribution in [1.82, 2.24) is 9.47 Å². The zero-order valence-corrected chi connectivity index (χ0v) is 25.5. The largest absolute Gasteiger partial charge is 0.612 e. The van der Waals surface area contributed by atoms with Gasteiger partial charge in [0.15, 0.2) is 4.90 Å². The highest BCUT2D eigenvalue weighted by molar-refractivity contribution is 7.90. The molecule has 0 amide bonds. The first-order valence-corrected chi connectivity index (χ1v) is 15.8. The third kappa shape index (κ3) is 9.20. The molecule has 1 saturated heterocycles. The van der Waals surface area contributed by atoms with Crippen LogP contribution in [0, 0.1) is 11.8 Å². The van der Waals surface area contributed by atoms with Crippen LogP contribution in [-0.4, -0.2) is 90.2 Å². The highest BCUT2D eigenvalue weighted by Crippen LogP contribution is 2.32. The van der Waals surface area contributed by atoms with Gasteiger partial charge in [0.25, 0.3) is 0 Å². The number of aromatic nitrogens is 1. The standard InChI is InChI=1S/C31H39F3N4O4S/c1-4-42-20-24(39)19-37-15-12-22(13-16-37)36-27-8-5-9-29-26(27)17-23(38(29)21-31(32,33)34)7-6-14-35-28-11-10-25(43(3)40)18-30(28)41-2/h5,8-11,17-18,22,24,35-36,39H,4,12-16,19-21H2,1-3H3. The number of fused-ring (bicyclic) bond motifs is 1. The van der Waals surface area contributed by atoms with Gasteiger partial charge in [0.2, 0.25) is 0 Å². The summed E-state index contributed by atoms with van der Waals surface area (Å²) in [6.45, 7) is 3.96. The van der Waals surface area contributed by atoms with E-state index in [9.17, 15) is 22.8 Å². The molecular weight excluding hydrogens is 581 g/mol. The van der Waals surface area contributed by atoms with Gasteiger partial charge in [0.05, 0.1) is 43.3 Å². The number of anilines is 2. The van der Waals surface area contributed by atoms with Gasteiger partial charge in [-0.15, -0.1) is 0 Å². The number of halogens is 3. The third-order valence-electron chi connectivity index (χ3n) is 7.30. The summed E-state index contributed by atoms with van der Waals surface area (Å²) in [7, 11) is 1.51. The Hall–Kier alpha value is -3.08. The van der Waals surface area contributed by atoms with E-state index in [1.54, 1.807) is 42.7 Å². The van der Waals surface area contributed by atoms with E-state index in [1.165, 1.54) is 11.7 Å². The molecule has 0 aliphatic carbocycles. The molecular formula is C31H39F3N4O4S. The van der Waals surface area contributed by atoms with Crippen molar-refractivity contribution in [3.8, 4) is 17.6 Å². The van der Waals surface area contributed by atoms with Crippen LogP contribution in [0.25, 0.3) is 10.9 Å². The van der Waals surface area contributed by atoms with Gasteiger partial charge in [-0.3, -0.25) is 0 Å². The molecule has 1 aromatic heterocycles. The molecule has 0 spiro atoms. The quantitative estimate of drug-likeness (QED) is 0.200. The number of rotatable bonds is 12. The molecule has 4 rings (SSSR count). The molecule has 3 N–H and O–H groups in total. The van der Waals surface area contributed by atoms with Crippen LogP contribution in [0.15, 0.2) is 47.4 Å². The van der Waals surface area contributed by atoms with Crippen LogP contribution in [0.2, 0.25) is 0 Å². The average molecular weight is 621 g/mol. The number of piperidine rings is 1. The molecule has 2 atom stereocenters. The predicted octanol–water partition coefficient (Wildman–Crippen LogP) is 4.69. The number of hydrogen-bond donors (Lipinski definition) is 3. The summed E-state index contributed by atoms with van der Waals surface area (Å²) >= 11 is -1.16. The van der Waals surface area contributed by atoms with Crippen LogP contribution in [-0.2, 0) is 22.5 Å². The second-order valence-corrected chi connectivity index (χ2v) is 11.9. The van der Waals surface area contributed by atoms with Crippen LogP contribution < -0.4 is 15.4 Å². The van der Waals surface area contributed by atoms with Crippen molar-refractivity contribution < 1.29 is 32.3 Å². The fourth-order valence-electron chi connectivity index (χ4n) is 5.22. The highest BCUT2D eigenvalue weighted by atomic mass is 32.2. The van der Waals surface area contributed by atoms with E-state index in [0.29, 0.717) is 47.0 Å². The molecule has 2 aromatic carbocycles. The Kier molecular flexibility index (Phi) is 11.5. The Morgan fingerprint density at radius 1 is 1.16 bits per heavy atom. The Labute approximate surface area is 253 Å². The molecule has 0 saturated carbocycles. The number of nitrogens with zero attached hydrogens (tertiary/aromatic N) is 2. The number of benzene rings is 2. The molecule has 1 aliphatic rings. The molecule has 12 heteroatoms. The van der Waals surface area contributed by atoms with Crippen molar-refractivity contribution in [1.29, 1.82) is 0 Å². The summed E-state index contributed by atoms with van der Waals surface area (Å²) in [6.07, 6.45) is -1.68. The van der Waals surface area contributed by atoms with E-state index in [0.717, 1.165) is 31.6 Å². The predicted molar refractivity (Wildman–Crippen MR) is 164 cm³/mol. The SMILES string of the molecule is CCOCC(O)CN1CCC(Nc2cccc3c2cc(C#CCNc2ccc([S+](C)[O-])cc2OC)n3CC(F)(F)F)CC1. The van der Waals surface area contributed by atoms with Gasteiger partial charge in [-0.25, -0.2) is 0 Å². The molecule has 43 heavy (non-hydrogen) atoms. The monoisotopic (exact) mass is 620 g/mol. The lowest BCUT2D eigenvalue weighted by atomic mass is 10.0. The summed E-state index contributed by atoms with van der Waals surface area (Å²) in [4.78, 5) is 2.83. The van der Waals surface area contributed by atoms with Gasteiger partial charge >= 0.3 is 6.18 Å². The second-order valence-electron chi connectivity index (χ2n) is 10.5. The first-order chi connectivity index (χ1) is 20.6. The van der Waals surface area contributed by atoms with Crippen molar-refractivity contribution in [2.75, 3.05) is 63.4 Å². The first-order valence-electron chi connectivity index (χ1n) is 14.3. The van der Waals surface area contributed by atoms with Gasteiger partial charge in [-0.05, 0) is 67.2 Å². The molecule has 2 heterocycles. The number of nitrogens with one attached hydrogen (secondary N) is 2. The summed E-state index contributed by atoms with van der Waals surface area (Å²) in [5.74, 6) is 6.37. The van der Waals surface area contributed by atoms with Gasteiger partial charge < -0.3 is 39.2 Å². The summed E-state index contributed by atoms with van der Waals surface area (Å²) in [6, 6.07) is 12.3. The minimum absolute atomic E-state index is 0.155. The van der Waals surface area contributed by atoms with Crippen molar-refractivity contribution in [2.24, 2.45) is 0 Å². The van der Waals surface area contributed by atoms with E-state index in [-0.39, 0.29) is 18.3 Å². The minimum atomic E-state index is -4.42. The Morgan fingerprint density at radius 2 is 1.93 bits per heavy atom. The smallest absolute Gasteiger partial charge is 0.406 e. The van der Waals surface area contributed by atoms with Crippen molar-refractivity contribution in [2.45, 2.75) is 49.5 Å². The number of aliphatic hydroxyl groups is 1. The number of alkyl halides is 3. The second kappa shape index (κ2) is 15.1. The lowest BCUT2D eigenvalue weighted by Crippen LogP contribution is -2.43. The third-order valence-corrected chi connectivity index (χ3v) is 8.22. The molecule has 0 bridgehead atoms. The molecule has 2 unspecified atom stereocenters. The van der Waals surface area contributed by atoms with Crippen LogP contribution in [0.4, 0.5) is 24.5 Å². The van der Waals surface area contributed by atoms with Gasteiger partial charge in [0.1, 0.15) is 18.6 Å². The Morgan fingerprint density at radius 3 is 2.60 bits per heavy atom. The number of aliphatic hydroxyl groups excluding tert-OH is 1. The normalized spacial score (nSPS) is 16.0. The molecule has 8 nitrogen and oxygen atoms in total. The Bertz CT molecular complexity index is 1410. The maximum Gasteiger partial charge on any atom is 0.406 e. The van der Waals surface area contributed by atoms with E-state index >= 15 is 0 Å². The van der Waals surface area contributed by atoms with Crippen LogP contribution in [0.3, 0.4) is 0 Å².